The van der Waals surface area contributed by atoms with Gasteiger partial charge in [-0.25, -0.2) is 8.78 Å². The lowest BCUT2D eigenvalue weighted by atomic mass is 9.88. The van der Waals surface area contributed by atoms with Gasteiger partial charge in [-0.2, -0.15) is 20.5 Å². The summed E-state index contributed by atoms with van der Waals surface area (Å²) in [6, 6.07) is 11.4. The van der Waals surface area contributed by atoms with Gasteiger partial charge in [0.2, 0.25) is 12.4 Å². The second-order valence-electron chi connectivity index (χ2n) is 5.32. The summed E-state index contributed by atoms with van der Waals surface area (Å²) < 4.78 is 26.4. The van der Waals surface area contributed by atoms with Gasteiger partial charge in [0.1, 0.15) is 11.6 Å². The third kappa shape index (κ3) is 3.45. The Morgan fingerprint density at radius 1 is 0.615 bits per heavy atom. The Bertz CT molecular complexity index is 957. The van der Waals surface area contributed by atoms with Crippen molar-refractivity contribution >= 4 is 22.6 Å². The number of nitriles is 2. The molecule has 0 N–H and O–H groups in total. The predicted molar refractivity (Wildman–Crippen MR) is 94.8 cm³/mol. The number of hydrogen-bond acceptors (Lipinski definition) is 4. The van der Waals surface area contributed by atoms with E-state index in [0.717, 1.165) is 0 Å². The van der Waals surface area contributed by atoms with Crippen molar-refractivity contribution in [2.45, 2.75) is 0 Å². The number of aliphatic imine (C=N–C) groups is 2. The molecule has 2 aromatic rings. The van der Waals surface area contributed by atoms with Crippen molar-refractivity contribution in [3.05, 3.63) is 83.4 Å². The third-order valence-electron chi connectivity index (χ3n) is 3.77. The summed E-state index contributed by atoms with van der Waals surface area (Å²) >= 11 is 0. The van der Waals surface area contributed by atoms with Crippen LogP contribution in [0.2, 0.25) is 0 Å². The third-order valence-corrected chi connectivity index (χ3v) is 3.77. The molecule has 0 radical (unpaired) electrons. The van der Waals surface area contributed by atoms with Crippen molar-refractivity contribution in [2.24, 2.45) is 9.98 Å². The molecule has 4 nitrogen and oxygen atoms in total. The zero-order chi connectivity index (χ0) is 18.5. The molecular formula is C20H10F2N4. The second-order valence-corrected chi connectivity index (χ2v) is 5.32. The molecule has 0 saturated carbocycles. The van der Waals surface area contributed by atoms with E-state index in [1.807, 2.05) is 0 Å². The van der Waals surface area contributed by atoms with Gasteiger partial charge in [-0.3, -0.25) is 0 Å². The first-order valence-corrected chi connectivity index (χ1v) is 7.52. The number of halogens is 2. The second kappa shape index (κ2) is 7.33. The fourth-order valence-electron chi connectivity index (χ4n) is 2.59. The molecule has 1 aliphatic rings. The average molecular weight is 344 g/mol. The Morgan fingerprint density at radius 2 is 0.962 bits per heavy atom. The molecule has 0 amide bonds. The molecule has 1 aliphatic carbocycles. The van der Waals surface area contributed by atoms with Crippen LogP contribution in [0.3, 0.4) is 0 Å². The molecule has 0 saturated heterocycles. The highest BCUT2D eigenvalue weighted by molar-refractivity contribution is 6.46. The Labute approximate surface area is 148 Å². The van der Waals surface area contributed by atoms with E-state index in [4.69, 9.17) is 10.5 Å². The van der Waals surface area contributed by atoms with Crippen molar-refractivity contribution in [1.29, 1.82) is 10.5 Å². The fourth-order valence-corrected chi connectivity index (χ4v) is 2.59. The molecule has 26 heavy (non-hydrogen) atoms. The Balaban J connectivity index is 2.16. The highest BCUT2D eigenvalue weighted by Gasteiger charge is 2.20. The molecule has 0 aromatic heterocycles. The van der Waals surface area contributed by atoms with Gasteiger partial charge in [0, 0.05) is 11.1 Å². The normalized spacial score (nSPS) is 16.6. The monoisotopic (exact) mass is 344 g/mol. The highest BCUT2D eigenvalue weighted by Crippen LogP contribution is 2.29. The minimum absolute atomic E-state index is 0.343. The molecule has 3 rings (SSSR count). The van der Waals surface area contributed by atoms with E-state index in [0.29, 0.717) is 33.7 Å². The molecule has 0 bridgehead atoms. The Kier molecular flexibility index (Phi) is 4.78. The standard InChI is InChI=1S/C20H10F2N4/c21-15-5-1-13(2-6-15)17-9-20(26-12-24)18(10-19(17)25-11-23)14-3-7-16(22)8-4-14/h1-10H. The Hall–Kier alpha value is -3.90. The summed E-state index contributed by atoms with van der Waals surface area (Å²) in [7, 11) is 0. The molecule has 0 atom stereocenters. The summed E-state index contributed by atoms with van der Waals surface area (Å²) in [5, 5.41) is 18.0. The SMILES string of the molecule is N#CN=C1C=C(c2ccc(F)cc2)C(=NC#N)C=C1c1ccc(F)cc1. The molecule has 124 valence electrons. The topological polar surface area (TPSA) is 72.3 Å². The molecule has 0 aliphatic heterocycles. The van der Waals surface area contributed by atoms with Crippen LogP contribution in [-0.4, -0.2) is 11.4 Å². The summed E-state index contributed by atoms with van der Waals surface area (Å²) in [6.07, 6.45) is 6.69. The summed E-state index contributed by atoms with van der Waals surface area (Å²) in [5.74, 6) is -0.783. The van der Waals surface area contributed by atoms with E-state index in [-0.39, 0.29) is 0 Å². The van der Waals surface area contributed by atoms with Gasteiger partial charge >= 0.3 is 0 Å². The fraction of sp³-hybridized carbons (Fsp3) is 0. The van der Waals surface area contributed by atoms with Crippen molar-refractivity contribution in [3.63, 3.8) is 0 Å². The minimum atomic E-state index is -0.391. The minimum Gasteiger partial charge on any atom is -0.207 e. The maximum Gasteiger partial charge on any atom is 0.206 e. The van der Waals surface area contributed by atoms with Gasteiger partial charge in [0.15, 0.2) is 0 Å². The summed E-state index contributed by atoms with van der Waals surface area (Å²) in [6.45, 7) is 0. The van der Waals surface area contributed by atoms with Crippen LogP contribution in [0.1, 0.15) is 11.1 Å². The molecule has 0 fully saturated rings. The van der Waals surface area contributed by atoms with Crippen molar-refractivity contribution < 1.29 is 8.78 Å². The lowest BCUT2D eigenvalue weighted by Crippen LogP contribution is -2.12. The lowest BCUT2D eigenvalue weighted by molar-refractivity contribution is 0.627. The van der Waals surface area contributed by atoms with E-state index < -0.39 is 11.6 Å². The van der Waals surface area contributed by atoms with E-state index in [1.54, 1.807) is 48.8 Å². The first-order valence-electron chi connectivity index (χ1n) is 7.52. The summed E-state index contributed by atoms with van der Waals surface area (Å²) in [4.78, 5) is 7.65. The Morgan fingerprint density at radius 3 is 1.27 bits per heavy atom. The largest absolute Gasteiger partial charge is 0.207 e. The first kappa shape index (κ1) is 16.9. The number of rotatable bonds is 2. The molecular weight excluding hydrogens is 334 g/mol. The molecule has 0 heterocycles. The zero-order valence-electron chi connectivity index (χ0n) is 13.3. The summed E-state index contributed by atoms with van der Waals surface area (Å²) in [5.41, 5.74) is 3.00. The smallest absolute Gasteiger partial charge is 0.206 e. The molecule has 0 spiro atoms. The van der Waals surface area contributed by atoms with Gasteiger partial charge in [0.05, 0.1) is 11.4 Å². The quantitative estimate of drug-likeness (QED) is 0.602. The maximum absolute atomic E-state index is 13.2. The van der Waals surface area contributed by atoms with Gasteiger partial charge in [-0.1, -0.05) is 24.3 Å². The number of benzene rings is 2. The van der Waals surface area contributed by atoms with E-state index >= 15 is 0 Å². The van der Waals surface area contributed by atoms with Gasteiger partial charge in [0.25, 0.3) is 0 Å². The van der Waals surface area contributed by atoms with Crippen LogP contribution in [-0.2, 0) is 0 Å². The molecule has 0 unspecified atom stereocenters. The van der Waals surface area contributed by atoms with Crippen molar-refractivity contribution in [2.75, 3.05) is 0 Å². The zero-order valence-corrected chi connectivity index (χ0v) is 13.3. The highest BCUT2D eigenvalue weighted by atomic mass is 19.1. The first-order chi connectivity index (χ1) is 12.6. The van der Waals surface area contributed by atoms with Gasteiger partial charge < -0.3 is 0 Å². The number of hydrogen-bond donors (Lipinski definition) is 0. The van der Waals surface area contributed by atoms with E-state index in [9.17, 15) is 8.78 Å². The molecule has 2 aromatic carbocycles. The van der Waals surface area contributed by atoms with Crippen molar-refractivity contribution in [3.8, 4) is 12.4 Å². The van der Waals surface area contributed by atoms with Crippen LogP contribution in [0, 0.1) is 34.5 Å². The predicted octanol–water partition coefficient (Wildman–Crippen LogP) is 4.29. The maximum atomic E-state index is 13.2. The lowest BCUT2D eigenvalue weighted by Gasteiger charge is -2.17. The number of allylic oxidation sites excluding steroid dienone is 4. The van der Waals surface area contributed by atoms with Crippen molar-refractivity contribution in [1.82, 2.24) is 0 Å². The van der Waals surface area contributed by atoms with E-state index in [2.05, 4.69) is 9.98 Å². The van der Waals surface area contributed by atoms with Gasteiger partial charge in [-0.05, 0) is 47.5 Å². The average Bonchev–Trinajstić information content (AvgIpc) is 2.64. The van der Waals surface area contributed by atoms with Crippen LogP contribution < -0.4 is 0 Å². The van der Waals surface area contributed by atoms with Crippen LogP contribution in [0.25, 0.3) is 11.1 Å². The van der Waals surface area contributed by atoms with Crippen LogP contribution in [0.4, 0.5) is 8.78 Å². The van der Waals surface area contributed by atoms with Gasteiger partial charge in [-0.15, -0.1) is 0 Å². The van der Waals surface area contributed by atoms with Crippen LogP contribution >= 0.6 is 0 Å². The number of nitrogens with zero attached hydrogens (tertiary/aromatic N) is 4. The van der Waals surface area contributed by atoms with E-state index in [1.165, 1.54) is 24.3 Å². The molecule has 6 heteroatoms. The van der Waals surface area contributed by atoms with Crippen LogP contribution in [0.15, 0.2) is 70.7 Å². The van der Waals surface area contributed by atoms with Crippen LogP contribution in [0.5, 0.6) is 0 Å².